The number of halogens is 1. The van der Waals surface area contributed by atoms with E-state index in [4.69, 9.17) is 5.73 Å². The Kier molecular flexibility index (Phi) is 5.98. The molecule has 1 aromatic heterocycles. The van der Waals surface area contributed by atoms with Crippen molar-refractivity contribution in [2.24, 2.45) is 11.1 Å². The maximum Gasteiger partial charge on any atom is 0.226 e. The molecule has 1 aromatic rings. The minimum atomic E-state index is 0. The van der Waals surface area contributed by atoms with Crippen molar-refractivity contribution in [3.05, 3.63) is 10.6 Å². The second-order valence-corrected chi connectivity index (χ2v) is 7.58. The predicted molar refractivity (Wildman–Crippen MR) is 86.7 cm³/mol. The normalized spacial score (nSPS) is 18.1. The second kappa shape index (κ2) is 6.87. The molecule has 1 aliphatic rings. The number of hydrogen-bond acceptors (Lipinski definition) is 4. The first kappa shape index (κ1) is 17.4. The summed E-state index contributed by atoms with van der Waals surface area (Å²) in [5.74, 6) is 0.0605. The van der Waals surface area contributed by atoms with Crippen LogP contribution in [0.5, 0.6) is 0 Å². The zero-order valence-electron chi connectivity index (χ0n) is 12.4. The number of hydrogen-bond donors (Lipinski definition) is 2. The Bertz CT molecular complexity index is 467. The van der Waals surface area contributed by atoms with Crippen LogP contribution in [0.4, 0.5) is 5.13 Å². The van der Waals surface area contributed by atoms with Crippen LogP contribution in [0, 0.1) is 5.41 Å². The van der Waals surface area contributed by atoms with E-state index in [1.807, 2.05) is 0 Å². The molecule has 0 saturated heterocycles. The van der Waals surface area contributed by atoms with Crippen molar-refractivity contribution in [3.63, 3.8) is 0 Å². The molecule has 1 amide bonds. The molecule has 3 N–H and O–H groups in total. The molecule has 0 bridgehead atoms. The molecule has 0 radical (unpaired) electrons. The predicted octanol–water partition coefficient (Wildman–Crippen LogP) is 3.15. The number of amides is 1. The molecule has 0 saturated carbocycles. The number of fused-ring (bicyclic) bond motifs is 1. The summed E-state index contributed by atoms with van der Waals surface area (Å²) >= 11 is 1.58. The lowest BCUT2D eigenvalue weighted by Crippen LogP contribution is -2.27. The van der Waals surface area contributed by atoms with Gasteiger partial charge in [-0.05, 0) is 31.1 Å². The fourth-order valence-corrected chi connectivity index (χ4v) is 3.24. The van der Waals surface area contributed by atoms with Crippen molar-refractivity contribution >= 4 is 34.8 Å². The highest BCUT2D eigenvalue weighted by Crippen LogP contribution is 2.29. The van der Waals surface area contributed by atoms with Gasteiger partial charge in [0.1, 0.15) is 0 Å². The van der Waals surface area contributed by atoms with Crippen LogP contribution in [0.15, 0.2) is 0 Å². The van der Waals surface area contributed by atoms with Crippen LogP contribution in [0.25, 0.3) is 0 Å². The Morgan fingerprint density at radius 3 is 2.85 bits per heavy atom. The Hall–Kier alpha value is -0.650. The molecule has 0 fully saturated rings. The molecule has 114 valence electrons. The summed E-state index contributed by atoms with van der Waals surface area (Å²) in [4.78, 5) is 17.6. The summed E-state index contributed by atoms with van der Waals surface area (Å²) in [5, 5.41) is 3.65. The summed E-state index contributed by atoms with van der Waals surface area (Å²) in [6.45, 7) is 6.43. The van der Waals surface area contributed by atoms with E-state index in [1.165, 1.54) is 4.88 Å². The molecule has 20 heavy (non-hydrogen) atoms. The number of nitrogens with zero attached hydrogens (tertiary/aromatic N) is 1. The molecule has 6 heteroatoms. The summed E-state index contributed by atoms with van der Waals surface area (Å²) in [5.41, 5.74) is 7.26. The number of rotatable bonds is 3. The minimum Gasteiger partial charge on any atom is -0.327 e. The standard InChI is InChI=1S/C14H23N3OS.ClH/c1-14(2,3)7-6-12(18)17-13-16-10-5-4-9(15)8-11(10)19-13;/h9H,4-8,15H2,1-3H3,(H,16,17,18);1H/t9-;/m0./s1. The third-order valence-corrected chi connectivity index (χ3v) is 4.36. The molecule has 1 aliphatic carbocycles. The lowest BCUT2D eigenvalue weighted by molar-refractivity contribution is -0.116. The highest BCUT2D eigenvalue weighted by atomic mass is 35.5. The van der Waals surface area contributed by atoms with E-state index in [2.05, 4.69) is 31.1 Å². The molecule has 0 aromatic carbocycles. The van der Waals surface area contributed by atoms with Gasteiger partial charge >= 0.3 is 0 Å². The lowest BCUT2D eigenvalue weighted by Gasteiger charge is -2.16. The molecule has 1 heterocycles. The van der Waals surface area contributed by atoms with E-state index >= 15 is 0 Å². The van der Waals surface area contributed by atoms with Gasteiger partial charge in [-0.1, -0.05) is 20.8 Å². The summed E-state index contributed by atoms with van der Waals surface area (Å²) in [6.07, 6.45) is 4.26. The smallest absolute Gasteiger partial charge is 0.226 e. The number of carbonyl (C=O) groups excluding carboxylic acids is 1. The van der Waals surface area contributed by atoms with E-state index in [0.717, 1.165) is 36.5 Å². The zero-order chi connectivity index (χ0) is 14.0. The van der Waals surface area contributed by atoms with Crippen LogP contribution in [0.1, 0.15) is 50.6 Å². The first-order chi connectivity index (χ1) is 8.83. The Balaban J connectivity index is 0.00000200. The van der Waals surface area contributed by atoms with Gasteiger partial charge in [0.15, 0.2) is 5.13 Å². The van der Waals surface area contributed by atoms with Gasteiger partial charge in [-0.15, -0.1) is 23.7 Å². The van der Waals surface area contributed by atoms with Gasteiger partial charge in [0, 0.05) is 17.3 Å². The van der Waals surface area contributed by atoms with Crippen molar-refractivity contribution < 1.29 is 4.79 Å². The van der Waals surface area contributed by atoms with Gasteiger partial charge in [0.25, 0.3) is 0 Å². The van der Waals surface area contributed by atoms with Gasteiger partial charge in [0.2, 0.25) is 5.91 Å². The highest BCUT2D eigenvalue weighted by Gasteiger charge is 2.21. The van der Waals surface area contributed by atoms with E-state index in [-0.39, 0.29) is 29.8 Å². The number of nitrogens with two attached hydrogens (primary N) is 1. The summed E-state index contributed by atoms with van der Waals surface area (Å²) in [6, 6.07) is 0.248. The molecular formula is C14H24ClN3OS. The summed E-state index contributed by atoms with van der Waals surface area (Å²) < 4.78 is 0. The van der Waals surface area contributed by atoms with E-state index in [0.29, 0.717) is 6.42 Å². The average molecular weight is 318 g/mol. The molecule has 0 aliphatic heterocycles. The van der Waals surface area contributed by atoms with Gasteiger partial charge in [-0.3, -0.25) is 4.79 Å². The third-order valence-electron chi connectivity index (χ3n) is 3.33. The van der Waals surface area contributed by atoms with E-state index in [9.17, 15) is 4.79 Å². The first-order valence-corrected chi connectivity index (χ1v) is 7.69. The third kappa shape index (κ3) is 5.04. The quantitative estimate of drug-likeness (QED) is 0.900. The maximum atomic E-state index is 11.9. The van der Waals surface area contributed by atoms with Crippen molar-refractivity contribution in [1.29, 1.82) is 0 Å². The minimum absolute atomic E-state index is 0. The first-order valence-electron chi connectivity index (χ1n) is 6.87. The largest absolute Gasteiger partial charge is 0.327 e. The fourth-order valence-electron chi connectivity index (χ4n) is 2.12. The second-order valence-electron chi connectivity index (χ2n) is 6.50. The molecular weight excluding hydrogens is 294 g/mol. The average Bonchev–Trinajstić information content (AvgIpc) is 2.66. The van der Waals surface area contributed by atoms with Gasteiger partial charge in [-0.2, -0.15) is 0 Å². The van der Waals surface area contributed by atoms with Crippen LogP contribution in [0.2, 0.25) is 0 Å². The fraction of sp³-hybridized carbons (Fsp3) is 0.714. The van der Waals surface area contributed by atoms with Crippen molar-refractivity contribution in [1.82, 2.24) is 4.98 Å². The Morgan fingerprint density at radius 1 is 1.50 bits per heavy atom. The van der Waals surface area contributed by atoms with Crippen molar-refractivity contribution in [3.8, 4) is 0 Å². The van der Waals surface area contributed by atoms with Crippen LogP contribution in [-0.2, 0) is 17.6 Å². The molecule has 4 nitrogen and oxygen atoms in total. The molecule has 0 unspecified atom stereocenters. The SMILES string of the molecule is CC(C)(C)CCC(=O)Nc1nc2c(s1)C[C@@H](N)CC2.Cl. The van der Waals surface area contributed by atoms with Crippen LogP contribution >= 0.6 is 23.7 Å². The topological polar surface area (TPSA) is 68.0 Å². The number of nitrogens with one attached hydrogen (secondary N) is 1. The molecule has 1 atom stereocenters. The number of carbonyl (C=O) groups is 1. The number of thiazole rings is 1. The van der Waals surface area contributed by atoms with E-state index < -0.39 is 0 Å². The Labute approximate surface area is 131 Å². The van der Waals surface area contributed by atoms with Gasteiger partial charge < -0.3 is 11.1 Å². The molecule has 0 spiro atoms. The number of anilines is 1. The number of aryl methyl sites for hydroxylation is 1. The van der Waals surface area contributed by atoms with Crippen molar-refractivity contribution in [2.45, 2.75) is 58.9 Å². The van der Waals surface area contributed by atoms with E-state index in [1.54, 1.807) is 11.3 Å². The van der Waals surface area contributed by atoms with Gasteiger partial charge in [0.05, 0.1) is 5.69 Å². The van der Waals surface area contributed by atoms with Crippen LogP contribution < -0.4 is 11.1 Å². The maximum absolute atomic E-state index is 11.9. The summed E-state index contributed by atoms with van der Waals surface area (Å²) in [7, 11) is 0. The zero-order valence-corrected chi connectivity index (χ0v) is 14.0. The molecule has 2 rings (SSSR count). The Morgan fingerprint density at radius 2 is 2.20 bits per heavy atom. The lowest BCUT2D eigenvalue weighted by atomic mass is 9.90. The van der Waals surface area contributed by atoms with Crippen LogP contribution in [0.3, 0.4) is 0 Å². The monoisotopic (exact) mass is 317 g/mol. The highest BCUT2D eigenvalue weighted by molar-refractivity contribution is 7.15. The van der Waals surface area contributed by atoms with Crippen LogP contribution in [-0.4, -0.2) is 16.9 Å². The van der Waals surface area contributed by atoms with Crippen molar-refractivity contribution in [2.75, 3.05) is 5.32 Å². The van der Waals surface area contributed by atoms with Gasteiger partial charge in [-0.25, -0.2) is 4.98 Å². The number of aromatic nitrogens is 1.